The smallest absolute Gasteiger partial charge is 0.260 e. The van der Waals surface area contributed by atoms with Crippen LogP contribution < -0.4 is 15.6 Å². The minimum atomic E-state index is -0.371. The lowest BCUT2D eigenvalue weighted by molar-refractivity contribution is 0.0914. The van der Waals surface area contributed by atoms with Gasteiger partial charge in [-0.25, -0.2) is 0 Å². The fraction of sp³-hybridized carbons (Fsp3) is 0.250. The van der Waals surface area contributed by atoms with Crippen molar-refractivity contribution < 1.29 is 9.53 Å². The number of rotatable bonds is 2. The summed E-state index contributed by atoms with van der Waals surface area (Å²) in [5.74, 6) is 0.486. The number of fused-ring (bicyclic) bond motifs is 1. The second kappa shape index (κ2) is 5.44. The number of aryl methyl sites for hydroxylation is 1. The zero-order chi connectivity index (χ0) is 14.8. The summed E-state index contributed by atoms with van der Waals surface area (Å²) in [7, 11) is 0. The predicted molar refractivity (Wildman–Crippen MR) is 78.7 cm³/mol. The molecule has 2 heterocycles. The number of nitrogens with one attached hydrogen (secondary N) is 2. The standard InChI is InChI=1S/C16H16N2O3/c1-10-6-7-13(15(19)17-10)16(20)18-12-8-11-4-2-3-5-14(11)21-9-12/h2-7,12H,8-9H2,1H3,(H,17,19)(H,18,20)/t12-/m0/s1. The van der Waals surface area contributed by atoms with E-state index in [0.717, 1.165) is 17.0 Å². The Morgan fingerprint density at radius 3 is 2.90 bits per heavy atom. The number of aromatic amines is 1. The molecule has 1 aromatic carbocycles. The van der Waals surface area contributed by atoms with E-state index in [2.05, 4.69) is 10.3 Å². The maximum absolute atomic E-state index is 12.2. The van der Waals surface area contributed by atoms with Crippen molar-refractivity contribution in [3.8, 4) is 5.75 Å². The number of benzene rings is 1. The lowest BCUT2D eigenvalue weighted by atomic mass is 10.0. The number of pyridine rings is 1. The Balaban J connectivity index is 1.73. The molecule has 1 aromatic heterocycles. The molecular formula is C16H16N2O3. The molecule has 0 fully saturated rings. The fourth-order valence-corrected chi connectivity index (χ4v) is 2.43. The molecule has 0 bridgehead atoms. The van der Waals surface area contributed by atoms with Gasteiger partial charge < -0.3 is 15.0 Å². The first-order valence-corrected chi connectivity index (χ1v) is 6.85. The molecule has 2 aromatic rings. The van der Waals surface area contributed by atoms with E-state index < -0.39 is 0 Å². The van der Waals surface area contributed by atoms with E-state index >= 15 is 0 Å². The highest BCUT2D eigenvalue weighted by Gasteiger charge is 2.22. The number of H-pyrrole nitrogens is 1. The van der Waals surface area contributed by atoms with E-state index in [4.69, 9.17) is 4.74 Å². The van der Waals surface area contributed by atoms with Crippen LogP contribution in [0.3, 0.4) is 0 Å². The fourth-order valence-electron chi connectivity index (χ4n) is 2.43. The molecule has 1 atom stereocenters. The van der Waals surface area contributed by atoms with E-state index in [1.165, 1.54) is 0 Å². The minimum Gasteiger partial charge on any atom is -0.491 e. The van der Waals surface area contributed by atoms with Crippen LogP contribution in [0.1, 0.15) is 21.6 Å². The Kier molecular flexibility index (Phi) is 3.48. The van der Waals surface area contributed by atoms with E-state index in [1.54, 1.807) is 19.1 Å². The quantitative estimate of drug-likeness (QED) is 0.876. The Bertz CT molecular complexity index is 736. The number of amides is 1. The van der Waals surface area contributed by atoms with E-state index in [9.17, 15) is 9.59 Å². The number of aromatic nitrogens is 1. The van der Waals surface area contributed by atoms with Gasteiger partial charge in [-0.3, -0.25) is 9.59 Å². The average molecular weight is 284 g/mol. The van der Waals surface area contributed by atoms with Gasteiger partial charge in [-0.15, -0.1) is 0 Å². The molecule has 21 heavy (non-hydrogen) atoms. The Hall–Kier alpha value is -2.56. The van der Waals surface area contributed by atoms with E-state index in [1.807, 2.05) is 24.3 Å². The maximum Gasteiger partial charge on any atom is 0.260 e. The number of carbonyl (C=O) groups is 1. The van der Waals surface area contributed by atoms with Gasteiger partial charge in [0.15, 0.2) is 0 Å². The summed E-state index contributed by atoms with van der Waals surface area (Å²) < 4.78 is 5.62. The summed E-state index contributed by atoms with van der Waals surface area (Å²) in [6.07, 6.45) is 0.700. The average Bonchev–Trinajstić information content (AvgIpc) is 2.47. The minimum absolute atomic E-state index is 0.124. The maximum atomic E-state index is 12.2. The number of hydrogen-bond acceptors (Lipinski definition) is 3. The van der Waals surface area contributed by atoms with Gasteiger partial charge in [0.25, 0.3) is 11.5 Å². The number of hydrogen-bond donors (Lipinski definition) is 2. The van der Waals surface area contributed by atoms with Crippen molar-refractivity contribution in [1.29, 1.82) is 0 Å². The molecule has 1 aliphatic rings. The van der Waals surface area contributed by atoms with E-state index in [0.29, 0.717) is 13.0 Å². The Morgan fingerprint density at radius 2 is 2.10 bits per heavy atom. The van der Waals surface area contributed by atoms with Crippen LogP contribution in [0.5, 0.6) is 5.75 Å². The highest BCUT2D eigenvalue weighted by atomic mass is 16.5. The SMILES string of the molecule is Cc1ccc(C(=O)N[C@@H]2COc3ccccc3C2)c(=O)[nH]1. The normalized spacial score (nSPS) is 16.7. The van der Waals surface area contributed by atoms with Crippen molar-refractivity contribution in [2.24, 2.45) is 0 Å². The molecule has 0 saturated heterocycles. The Morgan fingerprint density at radius 1 is 1.29 bits per heavy atom. The molecule has 0 saturated carbocycles. The van der Waals surface area contributed by atoms with Crippen molar-refractivity contribution in [2.45, 2.75) is 19.4 Å². The summed E-state index contributed by atoms with van der Waals surface area (Å²) in [4.78, 5) is 26.6. The van der Waals surface area contributed by atoms with E-state index in [-0.39, 0.29) is 23.1 Å². The summed E-state index contributed by atoms with van der Waals surface area (Å²) >= 11 is 0. The summed E-state index contributed by atoms with van der Waals surface area (Å²) in [6, 6.07) is 10.9. The first kappa shape index (κ1) is 13.4. The second-order valence-electron chi connectivity index (χ2n) is 5.18. The van der Waals surface area contributed by atoms with Gasteiger partial charge in [0.05, 0.1) is 6.04 Å². The van der Waals surface area contributed by atoms with Crippen LogP contribution >= 0.6 is 0 Å². The van der Waals surface area contributed by atoms with Gasteiger partial charge in [-0.1, -0.05) is 18.2 Å². The molecular weight excluding hydrogens is 268 g/mol. The van der Waals surface area contributed by atoms with Gasteiger partial charge in [-0.2, -0.15) is 0 Å². The molecule has 3 rings (SSSR count). The molecule has 0 aliphatic carbocycles. The first-order valence-electron chi connectivity index (χ1n) is 6.85. The van der Waals surface area contributed by atoms with Gasteiger partial charge in [-0.05, 0) is 37.1 Å². The molecule has 5 heteroatoms. The largest absolute Gasteiger partial charge is 0.491 e. The topological polar surface area (TPSA) is 71.2 Å². The molecule has 1 amide bonds. The van der Waals surface area contributed by atoms with Crippen molar-refractivity contribution >= 4 is 5.91 Å². The van der Waals surface area contributed by atoms with Gasteiger partial charge in [0.2, 0.25) is 0 Å². The van der Waals surface area contributed by atoms with Crippen molar-refractivity contribution in [1.82, 2.24) is 10.3 Å². The van der Waals surface area contributed by atoms with Crippen molar-refractivity contribution in [3.05, 3.63) is 63.6 Å². The molecule has 0 radical (unpaired) electrons. The van der Waals surface area contributed by atoms with Crippen LogP contribution in [0.4, 0.5) is 0 Å². The van der Waals surface area contributed by atoms with Crippen LogP contribution in [-0.4, -0.2) is 23.5 Å². The monoisotopic (exact) mass is 284 g/mol. The van der Waals surface area contributed by atoms with Crippen LogP contribution in [0.2, 0.25) is 0 Å². The Labute approximate surface area is 122 Å². The highest BCUT2D eigenvalue weighted by Crippen LogP contribution is 2.23. The first-order chi connectivity index (χ1) is 10.1. The zero-order valence-electron chi connectivity index (χ0n) is 11.7. The summed E-state index contributed by atoms with van der Waals surface area (Å²) in [5.41, 5.74) is 1.54. The summed E-state index contributed by atoms with van der Waals surface area (Å²) in [5, 5.41) is 2.85. The third kappa shape index (κ3) is 2.81. The van der Waals surface area contributed by atoms with Crippen LogP contribution in [0, 0.1) is 6.92 Å². The van der Waals surface area contributed by atoms with Crippen molar-refractivity contribution in [2.75, 3.05) is 6.61 Å². The van der Waals surface area contributed by atoms with Crippen LogP contribution in [-0.2, 0) is 6.42 Å². The number of para-hydroxylation sites is 1. The lowest BCUT2D eigenvalue weighted by Gasteiger charge is -2.25. The van der Waals surface area contributed by atoms with Gasteiger partial charge in [0.1, 0.15) is 17.9 Å². The lowest BCUT2D eigenvalue weighted by Crippen LogP contribution is -2.44. The molecule has 1 aliphatic heterocycles. The molecule has 5 nitrogen and oxygen atoms in total. The predicted octanol–water partition coefficient (Wildman–Crippen LogP) is 1.42. The molecule has 2 N–H and O–H groups in total. The molecule has 108 valence electrons. The number of carbonyl (C=O) groups excluding carboxylic acids is 1. The van der Waals surface area contributed by atoms with Gasteiger partial charge in [0, 0.05) is 5.69 Å². The third-order valence-electron chi connectivity index (χ3n) is 3.51. The van der Waals surface area contributed by atoms with Gasteiger partial charge >= 0.3 is 0 Å². The van der Waals surface area contributed by atoms with Crippen LogP contribution in [0.25, 0.3) is 0 Å². The summed E-state index contributed by atoms with van der Waals surface area (Å²) in [6.45, 7) is 2.18. The van der Waals surface area contributed by atoms with Crippen LogP contribution in [0.15, 0.2) is 41.2 Å². The zero-order valence-corrected chi connectivity index (χ0v) is 11.7. The molecule has 0 spiro atoms. The second-order valence-corrected chi connectivity index (χ2v) is 5.18. The third-order valence-corrected chi connectivity index (χ3v) is 3.51. The number of ether oxygens (including phenoxy) is 1. The highest BCUT2D eigenvalue weighted by molar-refractivity contribution is 5.94. The van der Waals surface area contributed by atoms with Crippen molar-refractivity contribution in [3.63, 3.8) is 0 Å². The molecule has 0 unspecified atom stereocenters.